The molecule has 10 heteroatoms. The minimum atomic E-state index is -0.585. The van der Waals surface area contributed by atoms with E-state index < -0.39 is 17.2 Å². The number of amides is 1. The Morgan fingerprint density at radius 3 is 2.45 bits per heavy atom. The van der Waals surface area contributed by atoms with Gasteiger partial charge in [-0.1, -0.05) is 30.3 Å². The molecule has 0 aliphatic carbocycles. The highest BCUT2D eigenvalue weighted by molar-refractivity contribution is 6.29. The van der Waals surface area contributed by atoms with Crippen LogP contribution >= 0.6 is 11.6 Å². The van der Waals surface area contributed by atoms with Gasteiger partial charge in [-0.05, 0) is 35.9 Å². The molecule has 0 radical (unpaired) electrons. The number of hydrogen-bond donors (Lipinski definition) is 1. The van der Waals surface area contributed by atoms with E-state index in [4.69, 9.17) is 16.3 Å². The Hall–Kier alpha value is -3.85. The highest BCUT2D eigenvalue weighted by atomic mass is 35.5. The number of nitrogens with zero attached hydrogens (tertiary/aromatic N) is 4. The van der Waals surface area contributed by atoms with Crippen LogP contribution in [0.3, 0.4) is 0 Å². The molecule has 2 aromatic heterocycles. The number of ether oxygens (including phenoxy) is 1. The summed E-state index contributed by atoms with van der Waals surface area (Å²) in [6, 6.07) is 16.1. The van der Waals surface area contributed by atoms with Gasteiger partial charge >= 0.3 is 5.69 Å². The molecular formula is C21H18ClN5O4. The number of nitrogens with one attached hydrogen (secondary N) is 1. The van der Waals surface area contributed by atoms with Gasteiger partial charge in [0.2, 0.25) is 11.2 Å². The van der Waals surface area contributed by atoms with Crippen molar-refractivity contribution < 1.29 is 9.53 Å². The first kappa shape index (κ1) is 20.4. The van der Waals surface area contributed by atoms with Gasteiger partial charge in [-0.25, -0.2) is 4.79 Å². The number of aromatic nitrogens is 4. The Labute approximate surface area is 181 Å². The van der Waals surface area contributed by atoms with Crippen molar-refractivity contribution in [1.82, 2.24) is 18.7 Å². The first-order valence-corrected chi connectivity index (χ1v) is 9.68. The molecule has 31 heavy (non-hydrogen) atoms. The Morgan fingerprint density at radius 1 is 1.03 bits per heavy atom. The van der Waals surface area contributed by atoms with Crippen molar-refractivity contribution >= 4 is 34.4 Å². The molecule has 9 nitrogen and oxygen atoms in total. The molecule has 158 valence electrons. The smallest absolute Gasteiger partial charge is 0.332 e. The maximum atomic E-state index is 12.8. The van der Waals surface area contributed by atoms with Gasteiger partial charge in [0.25, 0.3) is 5.56 Å². The van der Waals surface area contributed by atoms with Crippen LogP contribution in [0.2, 0.25) is 5.28 Å². The second kappa shape index (κ2) is 8.11. The van der Waals surface area contributed by atoms with E-state index in [1.807, 2.05) is 18.2 Å². The van der Waals surface area contributed by atoms with Crippen LogP contribution in [0.5, 0.6) is 11.5 Å². The highest BCUT2D eigenvalue weighted by Crippen LogP contribution is 2.29. The molecule has 0 unspecified atom stereocenters. The largest absolute Gasteiger partial charge is 0.455 e. The zero-order valence-corrected chi connectivity index (χ0v) is 17.5. The molecular weight excluding hydrogens is 422 g/mol. The van der Waals surface area contributed by atoms with Gasteiger partial charge in [-0.3, -0.25) is 23.3 Å². The maximum absolute atomic E-state index is 12.8. The number of halogens is 1. The fraction of sp³-hybridized carbons (Fsp3) is 0.143. The summed E-state index contributed by atoms with van der Waals surface area (Å²) in [7, 11) is 2.83. The van der Waals surface area contributed by atoms with Crippen LogP contribution in [-0.2, 0) is 25.4 Å². The molecule has 0 saturated heterocycles. The van der Waals surface area contributed by atoms with Crippen LogP contribution in [0.4, 0.5) is 5.69 Å². The van der Waals surface area contributed by atoms with Crippen molar-refractivity contribution in [3.05, 3.63) is 80.7 Å². The number of carbonyl (C=O) groups is 1. The van der Waals surface area contributed by atoms with E-state index in [0.29, 0.717) is 17.2 Å². The van der Waals surface area contributed by atoms with Gasteiger partial charge in [0.1, 0.15) is 12.3 Å². The molecule has 0 aliphatic rings. The second-order valence-electron chi connectivity index (χ2n) is 6.80. The van der Waals surface area contributed by atoms with Crippen molar-refractivity contribution in [1.29, 1.82) is 0 Å². The number of para-hydroxylation sites is 3. The second-order valence-corrected chi connectivity index (χ2v) is 7.14. The number of imidazole rings is 1. The average Bonchev–Trinajstić information content (AvgIpc) is 3.09. The van der Waals surface area contributed by atoms with Crippen molar-refractivity contribution in [3.63, 3.8) is 0 Å². The van der Waals surface area contributed by atoms with Crippen LogP contribution in [0, 0.1) is 0 Å². The Kier molecular flexibility index (Phi) is 5.35. The lowest BCUT2D eigenvalue weighted by molar-refractivity contribution is -0.116. The summed E-state index contributed by atoms with van der Waals surface area (Å²) in [4.78, 5) is 41.6. The van der Waals surface area contributed by atoms with Crippen molar-refractivity contribution in [2.24, 2.45) is 14.1 Å². The van der Waals surface area contributed by atoms with E-state index in [-0.39, 0.29) is 23.0 Å². The lowest BCUT2D eigenvalue weighted by atomic mass is 10.3. The minimum Gasteiger partial charge on any atom is -0.455 e. The molecule has 0 bridgehead atoms. The number of hydrogen-bond acceptors (Lipinski definition) is 5. The number of fused-ring (bicyclic) bond motifs is 1. The SMILES string of the molecule is Cn1c(=O)c2c(nc(Cl)n2CC(=O)Nc2ccccc2Oc2ccccc2)n(C)c1=O. The Bertz CT molecular complexity index is 1410. The summed E-state index contributed by atoms with van der Waals surface area (Å²) in [6.45, 7) is -0.275. The summed E-state index contributed by atoms with van der Waals surface area (Å²) >= 11 is 6.19. The Balaban J connectivity index is 1.64. The van der Waals surface area contributed by atoms with Gasteiger partial charge < -0.3 is 10.1 Å². The van der Waals surface area contributed by atoms with Crippen molar-refractivity contribution in [2.45, 2.75) is 6.54 Å². The summed E-state index contributed by atoms with van der Waals surface area (Å²) < 4.78 is 9.28. The third-order valence-electron chi connectivity index (χ3n) is 4.74. The van der Waals surface area contributed by atoms with Crippen molar-refractivity contribution in [2.75, 3.05) is 5.32 Å². The fourth-order valence-corrected chi connectivity index (χ4v) is 3.40. The molecule has 0 aliphatic heterocycles. The minimum absolute atomic E-state index is 0.0681. The first-order chi connectivity index (χ1) is 14.9. The lowest BCUT2D eigenvalue weighted by Crippen LogP contribution is -2.37. The van der Waals surface area contributed by atoms with E-state index in [9.17, 15) is 14.4 Å². The molecule has 4 aromatic rings. The van der Waals surface area contributed by atoms with Gasteiger partial charge in [0, 0.05) is 14.1 Å². The molecule has 0 spiro atoms. The average molecular weight is 440 g/mol. The molecule has 2 heterocycles. The predicted octanol–water partition coefficient (Wildman–Crippen LogP) is 2.52. The summed E-state index contributed by atoms with van der Waals surface area (Å²) in [6.07, 6.45) is 0. The first-order valence-electron chi connectivity index (χ1n) is 9.30. The van der Waals surface area contributed by atoms with E-state index in [0.717, 1.165) is 4.57 Å². The molecule has 1 amide bonds. The highest BCUT2D eigenvalue weighted by Gasteiger charge is 2.20. The van der Waals surface area contributed by atoms with Gasteiger partial charge in [-0.15, -0.1) is 0 Å². The third-order valence-corrected chi connectivity index (χ3v) is 5.02. The van der Waals surface area contributed by atoms with Crippen LogP contribution in [0.25, 0.3) is 11.2 Å². The molecule has 0 saturated carbocycles. The standard InChI is InChI=1S/C21H18ClN5O4/c1-25-18-17(19(29)26(2)21(25)30)27(20(22)24-18)12-16(28)23-14-10-6-7-11-15(14)31-13-8-4-3-5-9-13/h3-11H,12H2,1-2H3,(H,23,28). The van der Waals surface area contributed by atoms with Crippen molar-refractivity contribution in [3.8, 4) is 11.5 Å². The van der Waals surface area contributed by atoms with Gasteiger partial charge in [0.05, 0.1) is 5.69 Å². The number of anilines is 1. The lowest BCUT2D eigenvalue weighted by Gasteiger charge is -2.13. The molecule has 1 N–H and O–H groups in total. The quantitative estimate of drug-likeness (QED) is 0.481. The third kappa shape index (κ3) is 3.82. The summed E-state index contributed by atoms with van der Waals surface area (Å²) in [5.41, 5.74) is -0.483. The van der Waals surface area contributed by atoms with Crippen LogP contribution < -0.4 is 21.3 Å². The van der Waals surface area contributed by atoms with Crippen LogP contribution in [0.15, 0.2) is 64.2 Å². The normalized spacial score (nSPS) is 10.9. The number of rotatable bonds is 5. The molecule has 0 fully saturated rings. The van der Waals surface area contributed by atoms with Gasteiger partial charge in [0.15, 0.2) is 16.9 Å². The van der Waals surface area contributed by atoms with E-state index in [2.05, 4.69) is 10.3 Å². The number of benzene rings is 2. The fourth-order valence-electron chi connectivity index (χ4n) is 3.17. The van der Waals surface area contributed by atoms with E-state index >= 15 is 0 Å². The Morgan fingerprint density at radius 2 is 1.71 bits per heavy atom. The monoisotopic (exact) mass is 439 g/mol. The number of aryl methyl sites for hydroxylation is 1. The topological polar surface area (TPSA) is 100 Å². The van der Waals surface area contributed by atoms with Gasteiger partial charge in [-0.2, -0.15) is 4.98 Å². The van der Waals surface area contributed by atoms with Crippen LogP contribution in [-0.4, -0.2) is 24.6 Å². The molecule has 0 atom stereocenters. The summed E-state index contributed by atoms with van der Waals surface area (Å²) in [5.74, 6) is 0.639. The zero-order chi connectivity index (χ0) is 22.1. The maximum Gasteiger partial charge on any atom is 0.332 e. The summed E-state index contributed by atoms with van der Waals surface area (Å²) in [5, 5.41) is 2.70. The zero-order valence-electron chi connectivity index (χ0n) is 16.7. The molecule has 4 rings (SSSR count). The number of carbonyl (C=O) groups excluding carboxylic acids is 1. The van der Waals surface area contributed by atoms with E-state index in [1.54, 1.807) is 36.4 Å². The molecule has 2 aromatic carbocycles. The van der Waals surface area contributed by atoms with E-state index in [1.165, 1.54) is 23.2 Å². The predicted molar refractivity (Wildman–Crippen MR) is 117 cm³/mol. The van der Waals surface area contributed by atoms with Crippen LogP contribution in [0.1, 0.15) is 0 Å².